The van der Waals surface area contributed by atoms with Gasteiger partial charge in [-0.05, 0) is 24.1 Å². The first kappa shape index (κ1) is 13.7. The molecule has 1 aliphatic heterocycles. The predicted molar refractivity (Wildman–Crippen MR) is 71.5 cm³/mol. The van der Waals surface area contributed by atoms with Gasteiger partial charge in [0.15, 0.2) is 0 Å². The lowest BCUT2D eigenvalue weighted by molar-refractivity contribution is -0.121. The number of carbonyl (C=O) groups excluding carboxylic acids is 1. The molecule has 0 aliphatic carbocycles. The number of nitrogens with zero attached hydrogens (tertiary/aromatic N) is 1. The molecule has 3 nitrogen and oxygen atoms in total. The number of rotatable bonds is 1. The lowest BCUT2D eigenvalue weighted by Gasteiger charge is -2.12. The van der Waals surface area contributed by atoms with Gasteiger partial charge in [0.1, 0.15) is 0 Å². The number of benzene rings is 1. The number of nitrogens with one attached hydrogen (secondary N) is 1. The minimum absolute atomic E-state index is 0.0306. The van der Waals surface area contributed by atoms with Crippen molar-refractivity contribution >= 4 is 23.2 Å². The van der Waals surface area contributed by atoms with Gasteiger partial charge < -0.3 is 0 Å². The summed E-state index contributed by atoms with van der Waals surface area (Å²) >= 11 is 6.02. The van der Waals surface area contributed by atoms with Crippen molar-refractivity contribution in [2.45, 2.75) is 33.6 Å². The Bertz CT molecular complexity index is 441. The van der Waals surface area contributed by atoms with Crippen LogP contribution in [-0.4, -0.2) is 11.6 Å². The maximum atomic E-state index is 10.9. The summed E-state index contributed by atoms with van der Waals surface area (Å²) in [5, 5.41) is 4.74. The van der Waals surface area contributed by atoms with Crippen LogP contribution >= 0.6 is 11.6 Å². The summed E-state index contributed by atoms with van der Waals surface area (Å²) in [7, 11) is 0. The maximum Gasteiger partial charge on any atom is 0.240 e. The monoisotopic (exact) mass is 252 g/mol. The summed E-state index contributed by atoms with van der Waals surface area (Å²) < 4.78 is 0. The van der Waals surface area contributed by atoms with E-state index in [2.05, 4.69) is 10.5 Å². The molecule has 1 heterocycles. The largest absolute Gasteiger partial charge is 0.273 e. The van der Waals surface area contributed by atoms with Gasteiger partial charge in [0.25, 0.3) is 0 Å². The Balaban J connectivity index is 0.000000686. The molecular weight excluding hydrogens is 236 g/mol. The Morgan fingerprint density at radius 2 is 2.00 bits per heavy atom. The first-order chi connectivity index (χ1) is 8.16. The molecule has 1 amide bonds. The van der Waals surface area contributed by atoms with E-state index < -0.39 is 0 Å². The van der Waals surface area contributed by atoms with Crippen LogP contribution in [0.15, 0.2) is 23.3 Å². The van der Waals surface area contributed by atoms with Gasteiger partial charge >= 0.3 is 0 Å². The molecule has 0 aromatic heterocycles. The zero-order chi connectivity index (χ0) is 12.8. The van der Waals surface area contributed by atoms with Gasteiger partial charge in [-0.2, -0.15) is 5.10 Å². The molecule has 1 aliphatic rings. The topological polar surface area (TPSA) is 41.5 Å². The van der Waals surface area contributed by atoms with Crippen LogP contribution in [0.25, 0.3) is 0 Å². The van der Waals surface area contributed by atoms with Crippen molar-refractivity contribution in [2.24, 2.45) is 5.10 Å². The van der Waals surface area contributed by atoms with E-state index in [1.54, 1.807) is 0 Å². The van der Waals surface area contributed by atoms with E-state index in [4.69, 9.17) is 11.6 Å². The van der Waals surface area contributed by atoms with Crippen LogP contribution in [0.3, 0.4) is 0 Å². The Labute approximate surface area is 107 Å². The smallest absolute Gasteiger partial charge is 0.240 e. The molecule has 17 heavy (non-hydrogen) atoms. The van der Waals surface area contributed by atoms with E-state index in [9.17, 15) is 4.79 Å². The fourth-order valence-electron chi connectivity index (χ4n) is 1.45. The molecule has 92 valence electrons. The standard InChI is InChI=1S/C11H11ClN2O.C2H6/c1-7-2-3-8(6-9(7)12)10-4-5-11(15)14-13-10;1-2/h2-3,6H,4-5H2,1H3,(H,14,15);1-2H3. The number of hydrogen-bond donors (Lipinski definition) is 1. The van der Waals surface area contributed by atoms with E-state index in [0.29, 0.717) is 12.8 Å². The molecule has 0 atom stereocenters. The lowest BCUT2D eigenvalue weighted by Crippen LogP contribution is -2.25. The fraction of sp³-hybridized carbons (Fsp3) is 0.385. The molecule has 0 radical (unpaired) electrons. The number of aryl methyl sites for hydroxylation is 1. The van der Waals surface area contributed by atoms with Crippen molar-refractivity contribution in [2.75, 3.05) is 0 Å². The molecule has 2 rings (SSSR count). The van der Waals surface area contributed by atoms with Crippen molar-refractivity contribution in [1.82, 2.24) is 5.43 Å². The average Bonchev–Trinajstić information content (AvgIpc) is 2.36. The highest BCUT2D eigenvalue weighted by molar-refractivity contribution is 6.31. The molecule has 0 bridgehead atoms. The fourth-order valence-corrected chi connectivity index (χ4v) is 1.64. The second-order valence-electron chi connectivity index (χ2n) is 3.56. The van der Waals surface area contributed by atoms with Crippen LogP contribution in [0.2, 0.25) is 5.02 Å². The molecule has 0 fully saturated rings. The zero-order valence-corrected chi connectivity index (χ0v) is 11.1. The molecule has 0 spiro atoms. The van der Waals surface area contributed by atoms with Crippen LogP contribution < -0.4 is 5.43 Å². The maximum absolute atomic E-state index is 10.9. The predicted octanol–water partition coefficient (Wildman–Crippen LogP) is 3.29. The minimum atomic E-state index is -0.0306. The third-order valence-electron chi connectivity index (χ3n) is 2.41. The van der Waals surface area contributed by atoms with Gasteiger partial charge in [-0.3, -0.25) is 4.79 Å². The van der Waals surface area contributed by atoms with Gasteiger partial charge in [-0.25, -0.2) is 5.43 Å². The van der Waals surface area contributed by atoms with Gasteiger partial charge in [0.2, 0.25) is 5.91 Å². The number of amides is 1. The lowest BCUT2D eigenvalue weighted by atomic mass is 10.0. The molecule has 0 saturated heterocycles. The molecule has 1 aromatic rings. The van der Waals surface area contributed by atoms with Crippen LogP contribution in [0.1, 0.15) is 37.8 Å². The van der Waals surface area contributed by atoms with E-state index in [1.807, 2.05) is 39.0 Å². The van der Waals surface area contributed by atoms with Crippen molar-refractivity contribution in [3.05, 3.63) is 34.3 Å². The highest BCUT2D eigenvalue weighted by atomic mass is 35.5. The number of hydrazone groups is 1. The Morgan fingerprint density at radius 3 is 2.53 bits per heavy atom. The van der Waals surface area contributed by atoms with Crippen LogP contribution in [-0.2, 0) is 4.79 Å². The first-order valence-corrected chi connectivity index (χ1v) is 6.16. The minimum Gasteiger partial charge on any atom is -0.273 e. The molecular formula is C13H17ClN2O. The second-order valence-corrected chi connectivity index (χ2v) is 3.96. The first-order valence-electron chi connectivity index (χ1n) is 5.79. The van der Waals surface area contributed by atoms with Crippen molar-refractivity contribution in [1.29, 1.82) is 0 Å². The number of hydrogen-bond acceptors (Lipinski definition) is 2. The summed E-state index contributed by atoms with van der Waals surface area (Å²) in [6.07, 6.45) is 1.16. The Kier molecular flexibility index (Phi) is 5.16. The van der Waals surface area contributed by atoms with E-state index in [-0.39, 0.29) is 5.91 Å². The SMILES string of the molecule is CC.Cc1ccc(C2=NNC(=O)CC2)cc1Cl. The average molecular weight is 253 g/mol. The van der Waals surface area contributed by atoms with Crippen molar-refractivity contribution in [3.63, 3.8) is 0 Å². The van der Waals surface area contributed by atoms with Gasteiger partial charge in [-0.15, -0.1) is 0 Å². The zero-order valence-electron chi connectivity index (χ0n) is 10.4. The normalized spacial score (nSPS) is 14.4. The number of carbonyl (C=O) groups is 1. The third kappa shape index (κ3) is 3.56. The summed E-state index contributed by atoms with van der Waals surface area (Å²) in [4.78, 5) is 10.9. The highest BCUT2D eigenvalue weighted by Crippen LogP contribution is 2.19. The van der Waals surface area contributed by atoms with Crippen molar-refractivity contribution in [3.8, 4) is 0 Å². The number of halogens is 1. The van der Waals surface area contributed by atoms with Crippen LogP contribution in [0.5, 0.6) is 0 Å². The highest BCUT2D eigenvalue weighted by Gasteiger charge is 2.13. The van der Waals surface area contributed by atoms with Gasteiger partial charge in [0, 0.05) is 17.9 Å². The summed E-state index contributed by atoms with van der Waals surface area (Å²) in [6.45, 7) is 5.95. The third-order valence-corrected chi connectivity index (χ3v) is 2.82. The van der Waals surface area contributed by atoms with Gasteiger partial charge in [0.05, 0.1) is 5.71 Å². The van der Waals surface area contributed by atoms with E-state index in [0.717, 1.165) is 21.9 Å². The van der Waals surface area contributed by atoms with Crippen LogP contribution in [0.4, 0.5) is 0 Å². The molecule has 1 N–H and O–H groups in total. The van der Waals surface area contributed by atoms with Gasteiger partial charge in [-0.1, -0.05) is 37.6 Å². The van der Waals surface area contributed by atoms with Crippen molar-refractivity contribution < 1.29 is 4.79 Å². The Hall–Kier alpha value is -1.35. The van der Waals surface area contributed by atoms with E-state index >= 15 is 0 Å². The van der Waals surface area contributed by atoms with E-state index in [1.165, 1.54) is 0 Å². The molecule has 1 aromatic carbocycles. The molecule has 4 heteroatoms. The van der Waals surface area contributed by atoms with Crippen LogP contribution in [0, 0.1) is 6.92 Å². The Morgan fingerprint density at radius 1 is 1.29 bits per heavy atom. The molecule has 0 unspecified atom stereocenters. The molecule has 0 saturated carbocycles. The quantitative estimate of drug-likeness (QED) is 0.819. The summed E-state index contributed by atoms with van der Waals surface area (Å²) in [5.41, 5.74) is 5.38. The summed E-state index contributed by atoms with van der Waals surface area (Å²) in [6, 6.07) is 5.81. The summed E-state index contributed by atoms with van der Waals surface area (Å²) in [5.74, 6) is -0.0306. The second kappa shape index (κ2) is 6.40.